The molecular weight excluding hydrogens is 214 g/mol. The first-order valence-corrected chi connectivity index (χ1v) is 5.77. The van der Waals surface area contributed by atoms with Crippen LogP contribution in [0.2, 0.25) is 0 Å². The monoisotopic (exact) mass is 231 g/mol. The molecule has 90 valence electrons. The van der Waals surface area contributed by atoms with Crippen LogP contribution < -0.4 is 10.5 Å². The molecule has 0 radical (unpaired) electrons. The van der Waals surface area contributed by atoms with Crippen LogP contribution >= 0.6 is 0 Å². The number of anilines is 1. The highest BCUT2D eigenvalue weighted by Crippen LogP contribution is 2.10. The van der Waals surface area contributed by atoms with Crippen LogP contribution in [0.25, 0.3) is 0 Å². The lowest BCUT2D eigenvalue weighted by molar-refractivity contribution is 0.339. The third-order valence-corrected chi connectivity index (χ3v) is 2.53. The number of aromatic nitrogens is 2. The van der Waals surface area contributed by atoms with Crippen molar-refractivity contribution in [2.75, 3.05) is 12.3 Å². The standard InChI is InChI=1S/C13H17N3O/c1-2-17-13-9-15-16(10-13)8-7-11-3-5-12(14)6-4-11/h3-6,9-10H,2,7-8,14H2,1H3. The molecule has 2 aromatic rings. The van der Waals surface area contributed by atoms with Gasteiger partial charge in [0.05, 0.1) is 19.0 Å². The van der Waals surface area contributed by atoms with Gasteiger partial charge in [0, 0.05) is 12.2 Å². The molecule has 0 fully saturated rings. The van der Waals surface area contributed by atoms with Crippen LogP contribution in [0.3, 0.4) is 0 Å². The number of nitrogens with zero attached hydrogens (tertiary/aromatic N) is 2. The van der Waals surface area contributed by atoms with Crippen LogP contribution in [-0.4, -0.2) is 16.4 Å². The highest BCUT2D eigenvalue weighted by molar-refractivity contribution is 5.39. The average molecular weight is 231 g/mol. The van der Waals surface area contributed by atoms with Crippen molar-refractivity contribution < 1.29 is 4.74 Å². The Morgan fingerprint density at radius 2 is 2.06 bits per heavy atom. The number of nitrogens with two attached hydrogens (primary N) is 1. The van der Waals surface area contributed by atoms with Gasteiger partial charge in [-0.1, -0.05) is 12.1 Å². The van der Waals surface area contributed by atoms with Crippen molar-refractivity contribution in [3.05, 3.63) is 42.2 Å². The van der Waals surface area contributed by atoms with Gasteiger partial charge in [-0.15, -0.1) is 0 Å². The Balaban J connectivity index is 1.90. The highest BCUT2D eigenvalue weighted by atomic mass is 16.5. The van der Waals surface area contributed by atoms with Gasteiger partial charge < -0.3 is 10.5 Å². The van der Waals surface area contributed by atoms with E-state index in [1.165, 1.54) is 5.56 Å². The summed E-state index contributed by atoms with van der Waals surface area (Å²) in [5, 5.41) is 4.23. The van der Waals surface area contributed by atoms with Gasteiger partial charge in [-0.3, -0.25) is 4.68 Å². The maximum atomic E-state index is 5.64. The van der Waals surface area contributed by atoms with Crippen LogP contribution in [0.4, 0.5) is 5.69 Å². The molecule has 0 unspecified atom stereocenters. The zero-order chi connectivity index (χ0) is 12.1. The van der Waals surface area contributed by atoms with E-state index in [0.717, 1.165) is 24.4 Å². The highest BCUT2D eigenvalue weighted by Gasteiger charge is 1.99. The molecule has 1 aromatic heterocycles. The predicted molar refractivity (Wildman–Crippen MR) is 68.0 cm³/mol. The Labute approximate surface area is 101 Å². The van der Waals surface area contributed by atoms with Crippen molar-refractivity contribution in [3.63, 3.8) is 0 Å². The molecule has 0 amide bonds. The van der Waals surface area contributed by atoms with E-state index >= 15 is 0 Å². The smallest absolute Gasteiger partial charge is 0.157 e. The van der Waals surface area contributed by atoms with Crippen LogP contribution in [0.15, 0.2) is 36.7 Å². The molecule has 17 heavy (non-hydrogen) atoms. The lowest BCUT2D eigenvalue weighted by atomic mass is 10.1. The van der Waals surface area contributed by atoms with E-state index in [-0.39, 0.29) is 0 Å². The van der Waals surface area contributed by atoms with Gasteiger partial charge in [0.2, 0.25) is 0 Å². The quantitative estimate of drug-likeness (QED) is 0.802. The molecule has 4 nitrogen and oxygen atoms in total. The zero-order valence-electron chi connectivity index (χ0n) is 9.97. The lowest BCUT2D eigenvalue weighted by Gasteiger charge is -2.02. The first-order valence-electron chi connectivity index (χ1n) is 5.77. The van der Waals surface area contributed by atoms with Crippen LogP contribution in [-0.2, 0) is 13.0 Å². The average Bonchev–Trinajstić information content (AvgIpc) is 2.77. The summed E-state index contributed by atoms with van der Waals surface area (Å²) in [6.07, 6.45) is 4.60. The van der Waals surface area contributed by atoms with E-state index in [4.69, 9.17) is 10.5 Å². The summed E-state index contributed by atoms with van der Waals surface area (Å²) in [4.78, 5) is 0. The minimum atomic E-state index is 0.670. The summed E-state index contributed by atoms with van der Waals surface area (Å²) < 4.78 is 7.24. The fourth-order valence-corrected chi connectivity index (χ4v) is 1.64. The van der Waals surface area contributed by atoms with E-state index in [1.54, 1.807) is 6.20 Å². The van der Waals surface area contributed by atoms with E-state index in [9.17, 15) is 0 Å². The van der Waals surface area contributed by atoms with E-state index in [0.29, 0.717) is 6.61 Å². The lowest BCUT2D eigenvalue weighted by Crippen LogP contribution is -2.01. The fraction of sp³-hybridized carbons (Fsp3) is 0.308. The summed E-state index contributed by atoms with van der Waals surface area (Å²) in [5.74, 6) is 0.824. The maximum absolute atomic E-state index is 5.64. The molecule has 0 bridgehead atoms. The first kappa shape index (κ1) is 11.5. The van der Waals surface area contributed by atoms with Crippen molar-refractivity contribution in [3.8, 4) is 5.75 Å². The molecule has 4 heteroatoms. The molecule has 0 saturated carbocycles. The second-order valence-corrected chi connectivity index (χ2v) is 3.86. The molecular formula is C13H17N3O. The van der Waals surface area contributed by atoms with Gasteiger partial charge in [-0.25, -0.2) is 0 Å². The van der Waals surface area contributed by atoms with Gasteiger partial charge in [-0.2, -0.15) is 5.10 Å². The Bertz CT molecular complexity index is 462. The molecule has 0 atom stereocenters. The minimum Gasteiger partial charge on any atom is -0.491 e. The number of ether oxygens (including phenoxy) is 1. The van der Waals surface area contributed by atoms with Crippen LogP contribution in [0, 0.1) is 0 Å². The minimum absolute atomic E-state index is 0.670. The number of hydrogen-bond donors (Lipinski definition) is 1. The van der Waals surface area contributed by atoms with Gasteiger partial charge in [0.15, 0.2) is 5.75 Å². The van der Waals surface area contributed by atoms with Crippen molar-refractivity contribution >= 4 is 5.69 Å². The molecule has 2 N–H and O–H groups in total. The topological polar surface area (TPSA) is 53.1 Å². The second kappa shape index (κ2) is 5.39. The third-order valence-electron chi connectivity index (χ3n) is 2.53. The Morgan fingerprint density at radius 1 is 1.29 bits per heavy atom. The molecule has 0 aliphatic heterocycles. The Hall–Kier alpha value is -1.97. The van der Waals surface area contributed by atoms with Gasteiger partial charge in [0.25, 0.3) is 0 Å². The normalized spacial score (nSPS) is 10.4. The third kappa shape index (κ3) is 3.24. The van der Waals surface area contributed by atoms with Crippen LogP contribution in [0.1, 0.15) is 12.5 Å². The van der Waals surface area contributed by atoms with Crippen LogP contribution in [0.5, 0.6) is 5.75 Å². The Morgan fingerprint density at radius 3 is 2.76 bits per heavy atom. The molecule has 0 aliphatic carbocycles. The molecule has 0 spiro atoms. The molecule has 0 saturated heterocycles. The predicted octanol–water partition coefficient (Wildman–Crippen LogP) is 2.11. The van der Waals surface area contributed by atoms with Crippen molar-refractivity contribution in [2.45, 2.75) is 19.9 Å². The summed E-state index contributed by atoms with van der Waals surface area (Å²) in [6.45, 7) is 3.48. The van der Waals surface area contributed by atoms with E-state index in [1.807, 2.05) is 42.1 Å². The number of rotatable bonds is 5. The molecule has 2 rings (SSSR count). The largest absolute Gasteiger partial charge is 0.491 e. The van der Waals surface area contributed by atoms with Crippen molar-refractivity contribution in [1.29, 1.82) is 0 Å². The maximum Gasteiger partial charge on any atom is 0.157 e. The van der Waals surface area contributed by atoms with Crippen molar-refractivity contribution in [2.24, 2.45) is 0 Å². The number of aryl methyl sites for hydroxylation is 2. The summed E-state index contributed by atoms with van der Waals surface area (Å²) in [5.41, 5.74) is 7.69. The van der Waals surface area contributed by atoms with E-state index in [2.05, 4.69) is 5.10 Å². The van der Waals surface area contributed by atoms with Gasteiger partial charge >= 0.3 is 0 Å². The van der Waals surface area contributed by atoms with Gasteiger partial charge in [-0.05, 0) is 31.0 Å². The summed E-state index contributed by atoms with van der Waals surface area (Å²) >= 11 is 0. The molecule has 0 aliphatic rings. The van der Waals surface area contributed by atoms with Crippen molar-refractivity contribution in [1.82, 2.24) is 9.78 Å². The fourth-order valence-electron chi connectivity index (χ4n) is 1.64. The van der Waals surface area contributed by atoms with Gasteiger partial charge in [0.1, 0.15) is 0 Å². The SMILES string of the molecule is CCOc1cnn(CCc2ccc(N)cc2)c1. The summed E-state index contributed by atoms with van der Waals surface area (Å²) in [6, 6.07) is 7.93. The first-order chi connectivity index (χ1) is 8.28. The number of nitrogen functional groups attached to an aromatic ring is 1. The number of hydrogen-bond acceptors (Lipinski definition) is 3. The zero-order valence-corrected chi connectivity index (χ0v) is 9.97. The summed E-state index contributed by atoms with van der Waals surface area (Å²) in [7, 11) is 0. The Kier molecular flexibility index (Phi) is 3.65. The second-order valence-electron chi connectivity index (χ2n) is 3.86. The molecule has 1 aromatic carbocycles. The molecule has 1 heterocycles. The number of benzene rings is 1. The van der Waals surface area contributed by atoms with E-state index < -0.39 is 0 Å².